The van der Waals surface area contributed by atoms with E-state index in [-0.39, 0.29) is 25.5 Å². The lowest BCUT2D eigenvalue weighted by molar-refractivity contribution is -0.182. The largest absolute Gasteiger partial charge is 0.496 e. The number of aliphatic hydroxyl groups excluding tert-OH is 1. The van der Waals surface area contributed by atoms with Crippen molar-refractivity contribution in [1.29, 1.82) is 0 Å². The van der Waals surface area contributed by atoms with Crippen LogP contribution in [0.1, 0.15) is 31.2 Å². The van der Waals surface area contributed by atoms with Crippen molar-refractivity contribution in [3.63, 3.8) is 0 Å². The topological polar surface area (TPSA) is 41.5 Å². The summed E-state index contributed by atoms with van der Waals surface area (Å²) in [6, 6.07) is 4.99. The molecular weight excluding hydrogens is 283 g/mol. The van der Waals surface area contributed by atoms with Crippen LogP contribution < -0.4 is 10.1 Å². The van der Waals surface area contributed by atoms with E-state index < -0.39 is 12.1 Å². The number of hydrogen-bond acceptors (Lipinski definition) is 3. The van der Waals surface area contributed by atoms with Gasteiger partial charge in [0.2, 0.25) is 0 Å². The molecule has 2 N–H and O–H groups in total. The molecule has 2 atom stereocenters. The van der Waals surface area contributed by atoms with E-state index in [1.807, 2.05) is 0 Å². The van der Waals surface area contributed by atoms with Gasteiger partial charge in [0.05, 0.1) is 19.6 Å². The van der Waals surface area contributed by atoms with Crippen LogP contribution in [-0.4, -0.2) is 24.4 Å². The number of ether oxygens (including phenoxy) is 1. The monoisotopic (exact) mass is 303 g/mol. The molecule has 0 saturated heterocycles. The summed E-state index contributed by atoms with van der Waals surface area (Å²) in [7, 11) is 1.51. The highest BCUT2D eigenvalue weighted by molar-refractivity contribution is 5.51. The van der Waals surface area contributed by atoms with Gasteiger partial charge in [-0.25, -0.2) is 0 Å². The molecule has 0 spiro atoms. The van der Waals surface area contributed by atoms with Crippen molar-refractivity contribution >= 4 is 5.69 Å². The van der Waals surface area contributed by atoms with Crippen LogP contribution in [0.3, 0.4) is 0 Å². The number of nitrogens with one attached hydrogen (secondary N) is 1. The lowest BCUT2D eigenvalue weighted by atomic mass is 9.85. The van der Waals surface area contributed by atoms with Crippen molar-refractivity contribution in [2.75, 3.05) is 12.4 Å². The van der Waals surface area contributed by atoms with E-state index >= 15 is 0 Å². The van der Waals surface area contributed by atoms with E-state index in [1.54, 1.807) is 18.2 Å². The first-order valence-corrected chi connectivity index (χ1v) is 7.05. The van der Waals surface area contributed by atoms with Crippen LogP contribution in [0.2, 0.25) is 0 Å². The summed E-state index contributed by atoms with van der Waals surface area (Å²) in [4.78, 5) is 0. The standard InChI is InChI=1S/C15H20F3NO2/c1-21-14-6-5-13(7-10(14)9-20)19-12-4-2-3-11(8-12)15(16,17)18/h5-7,11-12,19-20H,2-4,8-9H2,1H3/t11-,12-/m1/s1. The Balaban J connectivity index is 2.04. The number of aliphatic hydroxyl groups is 1. The predicted molar refractivity (Wildman–Crippen MR) is 74.3 cm³/mol. The summed E-state index contributed by atoms with van der Waals surface area (Å²) in [6.45, 7) is -0.172. The highest BCUT2D eigenvalue weighted by Crippen LogP contribution is 2.38. The number of anilines is 1. The fraction of sp³-hybridized carbons (Fsp3) is 0.600. The molecular formula is C15H20F3NO2. The number of rotatable bonds is 4. The molecule has 118 valence electrons. The van der Waals surface area contributed by atoms with Gasteiger partial charge in [-0.1, -0.05) is 6.42 Å². The fourth-order valence-corrected chi connectivity index (χ4v) is 2.85. The first-order chi connectivity index (χ1) is 9.94. The molecule has 1 aromatic carbocycles. The maximum Gasteiger partial charge on any atom is 0.391 e. The summed E-state index contributed by atoms with van der Waals surface area (Å²) >= 11 is 0. The number of methoxy groups -OCH3 is 1. The van der Waals surface area contributed by atoms with Gasteiger partial charge in [-0.2, -0.15) is 13.2 Å². The molecule has 0 aliphatic heterocycles. The first kappa shape index (κ1) is 15.9. The van der Waals surface area contributed by atoms with Gasteiger partial charge in [-0.3, -0.25) is 0 Å². The second-order valence-electron chi connectivity index (χ2n) is 5.43. The summed E-state index contributed by atoms with van der Waals surface area (Å²) in [6.07, 6.45) is -2.50. The zero-order valence-electron chi connectivity index (χ0n) is 11.9. The molecule has 3 nitrogen and oxygen atoms in total. The molecule has 2 rings (SSSR count). The molecule has 1 aliphatic rings. The van der Waals surface area contributed by atoms with E-state index in [9.17, 15) is 18.3 Å². The fourth-order valence-electron chi connectivity index (χ4n) is 2.85. The van der Waals surface area contributed by atoms with Crippen LogP contribution in [0.15, 0.2) is 18.2 Å². The van der Waals surface area contributed by atoms with E-state index in [0.717, 1.165) is 6.42 Å². The highest BCUT2D eigenvalue weighted by atomic mass is 19.4. The van der Waals surface area contributed by atoms with E-state index in [4.69, 9.17) is 4.74 Å². The molecule has 1 saturated carbocycles. The molecule has 21 heavy (non-hydrogen) atoms. The highest BCUT2D eigenvalue weighted by Gasteiger charge is 2.42. The Kier molecular flexibility index (Phi) is 4.98. The number of alkyl halides is 3. The smallest absolute Gasteiger partial charge is 0.391 e. The summed E-state index contributed by atoms with van der Waals surface area (Å²) < 4.78 is 43.5. The number of benzene rings is 1. The molecule has 0 heterocycles. The van der Waals surface area contributed by atoms with Gasteiger partial charge in [0.1, 0.15) is 5.75 Å². The van der Waals surface area contributed by atoms with E-state index in [2.05, 4.69) is 5.32 Å². The van der Waals surface area contributed by atoms with Crippen molar-refractivity contribution in [3.8, 4) is 5.75 Å². The zero-order chi connectivity index (χ0) is 15.5. The van der Waals surface area contributed by atoms with Gasteiger partial charge in [0, 0.05) is 17.3 Å². The van der Waals surface area contributed by atoms with Gasteiger partial charge in [-0.15, -0.1) is 0 Å². The minimum Gasteiger partial charge on any atom is -0.496 e. The first-order valence-electron chi connectivity index (χ1n) is 7.05. The third-order valence-corrected chi connectivity index (χ3v) is 3.96. The lowest BCUT2D eigenvalue weighted by Gasteiger charge is -2.31. The molecule has 0 amide bonds. The van der Waals surface area contributed by atoms with Crippen molar-refractivity contribution in [2.45, 2.75) is 44.5 Å². The summed E-state index contributed by atoms with van der Waals surface area (Å²) in [5, 5.41) is 12.4. The second-order valence-corrected chi connectivity index (χ2v) is 5.43. The van der Waals surface area contributed by atoms with E-state index in [1.165, 1.54) is 7.11 Å². The van der Waals surface area contributed by atoms with Gasteiger partial charge < -0.3 is 15.2 Å². The molecule has 0 unspecified atom stereocenters. The Morgan fingerprint density at radius 3 is 2.71 bits per heavy atom. The SMILES string of the molecule is COc1ccc(N[C@@H]2CCC[C@@H](C(F)(F)F)C2)cc1CO. The molecule has 6 heteroatoms. The molecule has 1 aromatic rings. The van der Waals surface area contributed by atoms with E-state index in [0.29, 0.717) is 23.4 Å². The Bertz CT molecular complexity index is 476. The lowest BCUT2D eigenvalue weighted by Crippen LogP contribution is -2.34. The van der Waals surface area contributed by atoms with Gasteiger partial charge in [-0.05, 0) is 37.5 Å². The molecule has 0 aromatic heterocycles. The Hall–Kier alpha value is -1.43. The van der Waals surface area contributed by atoms with Crippen LogP contribution in [0.5, 0.6) is 5.75 Å². The van der Waals surface area contributed by atoms with Crippen molar-refractivity contribution in [1.82, 2.24) is 0 Å². The minimum atomic E-state index is -4.11. The average molecular weight is 303 g/mol. The second kappa shape index (κ2) is 6.56. The third-order valence-electron chi connectivity index (χ3n) is 3.96. The Morgan fingerprint density at radius 2 is 2.10 bits per heavy atom. The summed E-state index contributed by atoms with van der Waals surface area (Å²) in [5.41, 5.74) is 1.33. The maximum absolute atomic E-state index is 12.8. The zero-order valence-corrected chi connectivity index (χ0v) is 11.9. The maximum atomic E-state index is 12.8. The Labute approximate surface area is 122 Å². The van der Waals surface area contributed by atoms with Crippen molar-refractivity contribution in [3.05, 3.63) is 23.8 Å². The third kappa shape index (κ3) is 4.03. The van der Waals surface area contributed by atoms with Crippen LogP contribution in [0.25, 0.3) is 0 Å². The predicted octanol–water partition coefficient (Wildman–Crippen LogP) is 3.72. The minimum absolute atomic E-state index is 0.101. The molecule has 1 fully saturated rings. The quantitative estimate of drug-likeness (QED) is 0.890. The molecule has 0 radical (unpaired) electrons. The van der Waals surface area contributed by atoms with Gasteiger partial charge in [0.15, 0.2) is 0 Å². The van der Waals surface area contributed by atoms with Gasteiger partial charge >= 0.3 is 6.18 Å². The average Bonchev–Trinajstić information content (AvgIpc) is 2.46. The van der Waals surface area contributed by atoms with Crippen molar-refractivity contribution < 1.29 is 23.0 Å². The van der Waals surface area contributed by atoms with Crippen molar-refractivity contribution in [2.24, 2.45) is 5.92 Å². The number of halogens is 3. The normalized spacial score (nSPS) is 22.9. The Morgan fingerprint density at radius 1 is 1.33 bits per heavy atom. The molecule has 0 bridgehead atoms. The van der Waals surface area contributed by atoms with Crippen LogP contribution in [-0.2, 0) is 6.61 Å². The summed E-state index contributed by atoms with van der Waals surface area (Å²) in [5.74, 6) is -0.654. The molecule has 1 aliphatic carbocycles. The van der Waals surface area contributed by atoms with Gasteiger partial charge in [0.25, 0.3) is 0 Å². The van der Waals surface area contributed by atoms with Crippen LogP contribution in [0, 0.1) is 5.92 Å². The van der Waals surface area contributed by atoms with Crippen LogP contribution in [0.4, 0.5) is 18.9 Å². The van der Waals surface area contributed by atoms with Crippen LogP contribution >= 0.6 is 0 Å². The number of hydrogen-bond donors (Lipinski definition) is 2.